The van der Waals surface area contributed by atoms with Gasteiger partial charge in [-0.25, -0.2) is 4.79 Å². The van der Waals surface area contributed by atoms with E-state index in [9.17, 15) is 14.4 Å². The maximum atomic E-state index is 12.5. The van der Waals surface area contributed by atoms with Crippen molar-refractivity contribution in [3.8, 4) is 0 Å². The van der Waals surface area contributed by atoms with Crippen molar-refractivity contribution in [1.82, 2.24) is 15.1 Å². The fourth-order valence-electron chi connectivity index (χ4n) is 3.17. The zero-order valence-corrected chi connectivity index (χ0v) is 14.2. The highest BCUT2D eigenvalue weighted by Gasteiger charge is 2.40. The maximum absolute atomic E-state index is 12.5. The van der Waals surface area contributed by atoms with Crippen LogP contribution >= 0.6 is 0 Å². The Labute approximate surface area is 141 Å². The molecule has 0 saturated carbocycles. The number of amides is 4. The van der Waals surface area contributed by atoms with Crippen LogP contribution in [0.1, 0.15) is 37.8 Å². The number of rotatable bonds is 4. The van der Waals surface area contributed by atoms with Crippen molar-refractivity contribution in [2.24, 2.45) is 5.41 Å². The van der Waals surface area contributed by atoms with E-state index in [0.717, 1.165) is 24.1 Å². The minimum absolute atomic E-state index is 0.161. The fraction of sp³-hybridized carbons (Fsp3) is 0.500. The topological polar surface area (TPSA) is 69.7 Å². The summed E-state index contributed by atoms with van der Waals surface area (Å²) in [5.41, 5.74) is 1.32. The Bertz CT molecular complexity index is 684. The number of likely N-dealkylation sites (tertiary alicyclic amines) is 1. The average molecular weight is 329 g/mol. The van der Waals surface area contributed by atoms with E-state index < -0.39 is 5.41 Å². The number of imide groups is 1. The highest BCUT2D eigenvalue weighted by molar-refractivity contribution is 5.99. The summed E-state index contributed by atoms with van der Waals surface area (Å²) < 4.78 is 0. The van der Waals surface area contributed by atoms with Crippen LogP contribution in [0.2, 0.25) is 0 Å². The summed E-state index contributed by atoms with van der Waals surface area (Å²) in [4.78, 5) is 39.4. The van der Waals surface area contributed by atoms with Gasteiger partial charge in [0.15, 0.2) is 0 Å². The van der Waals surface area contributed by atoms with Gasteiger partial charge in [-0.1, -0.05) is 24.3 Å². The lowest BCUT2D eigenvalue weighted by atomic mass is 9.89. The van der Waals surface area contributed by atoms with E-state index in [0.29, 0.717) is 19.5 Å². The molecule has 1 aromatic carbocycles. The average Bonchev–Trinajstić information content (AvgIpc) is 2.94. The van der Waals surface area contributed by atoms with Crippen molar-refractivity contribution in [3.05, 3.63) is 35.4 Å². The van der Waals surface area contributed by atoms with Gasteiger partial charge in [0.2, 0.25) is 11.8 Å². The maximum Gasteiger partial charge on any atom is 0.324 e. The molecule has 0 unspecified atom stereocenters. The Hall–Kier alpha value is -2.37. The summed E-state index contributed by atoms with van der Waals surface area (Å²) in [6, 6.07) is 7.39. The zero-order chi connectivity index (χ0) is 17.3. The molecule has 0 spiro atoms. The number of hydrogen-bond acceptors (Lipinski definition) is 3. The number of carbonyl (C=O) groups excluding carboxylic acids is 3. The van der Waals surface area contributed by atoms with Gasteiger partial charge in [-0.3, -0.25) is 14.5 Å². The van der Waals surface area contributed by atoms with Gasteiger partial charge in [0.25, 0.3) is 0 Å². The van der Waals surface area contributed by atoms with Gasteiger partial charge in [0, 0.05) is 26.1 Å². The molecule has 2 aliphatic rings. The molecule has 0 bridgehead atoms. The molecule has 0 radical (unpaired) electrons. The van der Waals surface area contributed by atoms with Crippen molar-refractivity contribution in [2.45, 2.75) is 39.8 Å². The molecule has 2 saturated heterocycles. The van der Waals surface area contributed by atoms with Crippen molar-refractivity contribution >= 4 is 17.8 Å². The Balaban J connectivity index is 1.73. The van der Waals surface area contributed by atoms with E-state index in [1.807, 2.05) is 43.0 Å². The van der Waals surface area contributed by atoms with E-state index in [1.54, 1.807) is 0 Å². The third kappa shape index (κ3) is 3.27. The molecule has 0 aliphatic carbocycles. The highest BCUT2D eigenvalue weighted by atomic mass is 16.2. The van der Waals surface area contributed by atoms with Crippen LogP contribution in [-0.2, 0) is 22.7 Å². The Morgan fingerprint density at radius 1 is 1.12 bits per heavy atom. The summed E-state index contributed by atoms with van der Waals surface area (Å²) in [7, 11) is 0. The Morgan fingerprint density at radius 2 is 1.83 bits per heavy atom. The third-order valence-corrected chi connectivity index (χ3v) is 4.63. The van der Waals surface area contributed by atoms with Crippen LogP contribution in [-0.4, -0.2) is 40.7 Å². The summed E-state index contributed by atoms with van der Waals surface area (Å²) in [5, 5.41) is 2.77. The summed E-state index contributed by atoms with van der Waals surface area (Å²) >= 11 is 0. The first-order chi connectivity index (χ1) is 11.4. The van der Waals surface area contributed by atoms with Crippen LogP contribution in [0.4, 0.5) is 4.79 Å². The van der Waals surface area contributed by atoms with Crippen LogP contribution in [0.5, 0.6) is 0 Å². The second kappa shape index (κ2) is 6.26. The Morgan fingerprint density at radius 3 is 2.50 bits per heavy atom. The van der Waals surface area contributed by atoms with Crippen molar-refractivity contribution in [3.63, 3.8) is 0 Å². The lowest BCUT2D eigenvalue weighted by molar-refractivity contribution is -0.139. The van der Waals surface area contributed by atoms with Crippen LogP contribution in [0, 0.1) is 5.41 Å². The molecule has 4 amide bonds. The number of urea groups is 1. The van der Waals surface area contributed by atoms with Crippen LogP contribution in [0.25, 0.3) is 0 Å². The van der Waals surface area contributed by atoms with Crippen molar-refractivity contribution < 1.29 is 14.4 Å². The number of nitrogens with zero attached hydrogens (tertiary/aromatic N) is 2. The van der Waals surface area contributed by atoms with E-state index in [1.165, 1.54) is 4.90 Å². The van der Waals surface area contributed by atoms with Crippen molar-refractivity contribution in [1.29, 1.82) is 0 Å². The summed E-state index contributed by atoms with van der Waals surface area (Å²) in [6.07, 6.45) is 1.54. The summed E-state index contributed by atoms with van der Waals surface area (Å²) in [6.45, 7) is 5.64. The largest absolute Gasteiger partial charge is 0.338 e. The third-order valence-electron chi connectivity index (χ3n) is 4.63. The van der Waals surface area contributed by atoms with E-state index >= 15 is 0 Å². The molecule has 0 atom stereocenters. The zero-order valence-electron chi connectivity index (χ0n) is 14.2. The number of carbonyl (C=O) groups is 3. The molecule has 3 rings (SSSR count). The SMILES string of the molecule is CC1(C)CNC(=O)N(Cc2cccc(CN3CCCC3=O)c2)C1=O. The molecular weight excluding hydrogens is 306 g/mol. The number of benzene rings is 1. The molecule has 2 aliphatic heterocycles. The van der Waals surface area contributed by atoms with Gasteiger partial charge in [0.05, 0.1) is 12.0 Å². The van der Waals surface area contributed by atoms with Crippen molar-refractivity contribution in [2.75, 3.05) is 13.1 Å². The highest BCUT2D eigenvalue weighted by Crippen LogP contribution is 2.24. The minimum atomic E-state index is -0.590. The predicted molar refractivity (Wildman–Crippen MR) is 88.8 cm³/mol. The first kappa shape index (κ1) is 16.5. The minimum Gasteiger partial charge on any atom is -0.338 e. The molecule has 6 nitrogen and oxygen atoms in total. The molecule has 2 heterocycles. The molecule has 1 N–H and O–H groups in total. The molecule has 1 aromatic rings. The standard InChI is InChI=1S/C18H23N3O3/c1-18(2)12-19-17(24)21(16(18)23)11-14-6-3-5-13(9-14)10-20-8-4-7-15(20)22/h3,5-6,9H,4,7-8,10-12H2,1-2H3,(H,19,24). The van der Waals surface area contributed by atoms with Gasteiger partial charge in [-0.15, -0.1) is 0 Å². The second-order valence-corrected chi connectivity index (χ2v) is 7.17. The van der Waals surface area contributed by atoms with E-state index in [-0.39, 0.29) is 24.4 Å². The monoisotopic (exact) mass is 329 g/mol. The predicted octanol–water partition coefficient (Wildman–Crippen LogP) is 1.89. The molecule has 24 heavy (non-hydrogen) atoms. The van der Waals surface area contributed by atoms with Crippen LogP contribution in [0.15, 0.2) is 24.3 Å². The van der Waals surface area contributed by atoms with Gasteiger partial charge in [-0.2, -0.15) is 0 Å². The normalized spacial score (nSPS) is 20.5. The number of hydrogen-bond donors (Lipinski definition) is 1. The van der Waals surface area contributed by atoms with Gasteiger partial charge in [-0.05, 0) is 31.4 Å². The molecule has 6 heteroatoms. The van der Waals surface area contributed by atoms with E-state index in [4.69, 9.17) is 0 Å². The smallest absolute Gasteiger partial charge is 0.324 e. The van der Waals surface area contributed by atoms with Gasteiger partial charge < -0.3 is 10.2 Å². The lowest BCUT2D eigenvalue weighted by Crippen LogP contribution is -2.58. The second-order valence-electron chi connectivity index (χ2n) is 7.17. The van der Waals surface area contributed by atoms with Gasteiger partial charge >= 0.3 is 6.03 Å². The Kier molecular flexibility index (Phi) is 4.30. The molecule has 2 fully saturated rings. The van der Waals surface area contributed by atoms with E-state index in [2.05, 4.69) is 5.32 Å². The first-order valence-electron chi connectivity index (χ1n) is 8.32. The molecular formula is C18H23N3O3. The first-order valence-corrected chi connectivity index (χ1v) is 8.32. The van der Waals surface area contributed by atoms with Crippen LogP contribution in [0.3, 0.4) is 0 Å². The number of nitrogens with one attached hydrogen (secondary N) is 1. The quantitative estimate of drug-likeness (QED) is 0.917. The molecule has 0 aromatic heterocycles. The van der Waals surface area contributed by atoms with Gasteiger partial charge in [0.1, 0.15) is 0 Å². The lowest BCUT2D eigenvalue weighted by Gasteiger charge is -2.36. The van der Waals surface area contributed by atoms with Crippen LogP contribution < -0.4 is 5.32 Å². The fourth-order valence-corrected chi connectivity index (χ4v) is 3.17. The molecule has 128 valence electrons. The summed E-state index contributed by atoms with van der Waals surface area (Å²) in [5.74, 6) is 0.0270.